The van der Waals surface area contributed by atoms with Gasteiger partial charge in [-0.1, -0.05) is 0 Å². The third-order valence-electron chi connectivity index (χ3n) is 1.52. The fourth-order valence-corrected chi connectivity index (χ4v) is 0.953. The molecule has 0 amide bonds. The lowest BCUT2D eigenvalue weighted by molar-refractivity contribution is 0.877. The molecule has 0 fully saturated rings. The molecule has 0 aliphatic rings. The molecule has 1 aromatic rings. The molecule has 1 heterocycles. The number of hydrogen-bond acceptors (Lipinski definition) is 4. The zero-order chi connectivity index (χ0) is 10.2. The molecule has 0 aliphatic heterocycles. The first-order valence-electron chi connectivity index (χ1n) is 4.30. The standard InChI is InChI=1S/C8H13N5S/c1-9-8(14)11-6-5-10-7-3-2-4-12-13-7/h2-4H,5-6H2,1H3,(H,10,13)(H2,9,11,14). The summed E-state index contributed by atoms with van der Waals surface area (Å²) in [7, 11) is 1.78. The molecule has 14 heavy (non-hydrogen) atoms. The molecule has 6 heteroatoms. The highest BCUT2D eigenvalue weighted by Crippen LogP contribution is 1.95. The summed E-state index contributed by atoms with van der Waals surface area (Å²) in [4.78, 5) is 0. The van der Waals surface area contributed by atoms with E-state index in [0.29, 0.717) is 5.11 Å². The Bertz CT molecular complexity index is 276. The lowest BCUT2D eigenvalue weighted by Gasteiger charge is -2.07. The fraction of sp³-hybridized carbons (Fsp3) is 0.375. The smallest absolute Gasteiger partial charge is 0.166 e. The molecule has 0 aromatic carbocycles. The Morgan fingerprint density at radius 3 is 3.00 bits per heavy atom. The molecule has 0 saturated heterocycles. The van der Waals surface area contributed by atoms with Crippen molar-refractivity contribution in [3.63, 3.8) is 0 Å². The monoisotopic (exact) mass is 211 g/mol. The van der Waals surface area contributed by atoms with Gasteiger partial charge >= 0.3 is 0 Å². The van der Waals surface area contributed by atoms with Crippen molar-refractivity contribution in [2.45, 2.75) is 0 Å². The van der Waals surface area contributed by atoms with Crippen LogP contribution in [0.25, 0.3) is 0 Å². The molecule has 0 spiro atoms. The predicted octanol–water partition coefficient (Wildman–Crippen LogP) is -0.0176. The Morgan fingerprint density at radius 1 is 1.50 bits per heavy atom. The van der Waals surface area contributed by atoms with Gasteiger partial charge in [0.15, 0.2) is 5.11 Å². The molecular formula is C8H13N5S. The van der Waals surface area contributed by atoms with Crippen LogP contribution >= 0.6 is 12.2 Å². The van der Waals surface area contributed by atoms with Crippen LogP contribution in [-0.4, -0.2) is 35.4 Å². The lowest BCUT2D eigenvalue weighted by atomic mass is 10.5. The van der Waals surface area contributed by atoms with Crippen LogP contribution in [0.15, 0.2) is 18.3 Å². The maximum atomic E-state index is 4.91. The van der Waals surface area contributed by atoms with Gasteiger partial charge in [-0.3, -0.25) is 0 Å². The number of thiocarbonyl (C=S) groups is 1. The van der Waals surface area contributed by atoms with Crippen LogP contribution in [0.1, 0.15) is 0 Å². The average Bonchev–Trinajstić information content (AvgIpc) is 2.25. The summed E-state index contributed by atoms with van der Waals surface area (Å²) >= 11 is 4.91. The second-order valence-corrected chi connectivity index (χ2v) is 2.95. The Labute approximate surface area is 88.3 Å². The van der Waals surface area contributed by atoms with Crippen LogP contribution < -0.4 is 16.0 Å². The van der Waals surface area contributed by atoms with Crippen molar-refractivity contribution in [2.75, 3.05) is 25.5 Å². The maximum absolute atomic E-state index is 4.91. The van der Waals surface area contributed by atoms with E-state index >= 15 is 0 Å². The van der Waals surface area contributed by atoms with Crippen LogP contribution in [0.3, 0.4) is 0 Å². The van der Waals surface area contributed by atoms with Crippen molar-refractivity contribution >= 4 is 23.1 Å². The van der Waals surface area contributed by atoms with Crippen LogP contribution in [0.5, 0.6) is 0 Å². The van der Waals surface area contributed by atoms with E-state index in [1.54, 1.807) is 13.2 Å². The van der Waals surface area contributed by atoms with E-state index < -0.39 is 0 Å². The molecule has 5 nitrogen and oxygen atoms in total. The van der Waals surface area contributed by atoms with Gasteiger partial charge in [-0.05, 0) is 24.4 Å². The summed E-state index contributed by atoms with van der Waals surface area (Å²) < 4.78 is 0. The zero-order valence-corrected chi connectivity index (χ0v) is 8.77. The normalized spacial score (nSPS) is 9.21. The van der Waals surface area contributed by atoms with E-state index in [-0.39, 0.29) is 0 Å². The molecule has 1 rings (SSSR count). The van der Waals surface area contributed by atoms with Crippen LogP contribution in [-0.2, 0) is 0 Å². The summed E-state index contributed by atoms with van der Waals surface area (Å²) in [5, 5.41) is 17.2. The van der Waals surface area contributed by atoms with Crippen molar-refractivity contribution in [2.24, 2.45) is 0 Å². The topological polar surface area (TPSA) is 61.9 Å². The van der Waals surface area contributed by atoms with E-state index in [4.69, 9.17) is 12.2 Å². The first kappa shape index (κ1) is 10.6. The number of nitrogens with zero attached hydrogens (tertiary/aromatic N) is 2. The first-order chi connectivity index (χ1) is 6.83. The van der Waals surface area contributed by atoms with Gasteiger partial charge in [0, 0.05) is 26.3 Å². The summed E-state index contributed by atoms with van der Waals surface area (Å²) in [6.45, 7) is 1.50. The number of anilines is 1. The van der Waals surface area contributed by atoms with Crippen molar-refractivity contribution in [1.82, 2.24) is 20.8 Å². The van der Waals surface area contributed by atoms with E-state index in [1.807, 2.05) is 12.1 Å². The Kier molecular flexibility index (Phi) is 4.63. The van der Waals surface area contributed by atoms with Gasteiger partial charge in [0.2, 0.25) is 0 Å². The largest absolute Gasteiger partial charge is 0.367 e. The highest BCUT2D eigenvalue weighted by Gasteiger charge is 1.92. The van der Waals surface area contributed by atoms with E-state index in [1.165, 1.54) is 0 Å². The Hall–Kier alpha value is -1.43. The van der Waals surface area contributed by atoms with Crippen molar-refractivity contribution in [3.8, 4) is 0 Å². The van der Waals surface area contributed by atoms with Crippen LogP contribution in [0, 0.1) is 0 Å². The van der Waals surface area contributed by atoms with Crippen molar-refractivity contribution < 1.29 is 0 Å². The molecule has 0 unspecified atom stereocenters. The fourth-order valence-electron chi connectivity index (χ4n) is 0.851. The zero-order valence-electron chi connectivity index (χ0n) is 7.95. The third-order valence-corrected chi connectivity index (χ3v) is 1.86. The van der Waals surface area contributed by atoms with Crippen molar-refractivity contribution in [1.29, 1.82) is 0 Å². The lowest BCUT2D eigenvalue weighted by Crippen LogP contribution is -2.35. The molecule has 0 radical (unpaired) electrons. The number of rotatable bonds is 4. The summed E-state index contributed by atoms with van der Waals surface area (Å²) in [5.74, 6) is 0.768. The van der Waals surface area contributed by atoms with E-state index in [0.717, 1.165) is 18.9 Å². The highest BCUT2D eigenvalue weighted by molar-refractivity contribution is 7.80. The minimum absolute atomic E-state index is 0.644. The predicted molar refractivity (Wildman–Crippen MR) is 60.2 cm³/mol. The van der Waals surface area contributed by atoms with Crippen LogP contribution in [0.2, 0.25) is 0 Å². The van der Waals surface area contributed by atoms with E-state index in [2.05, 4.69) is 26.1 Å². The molecule has 3 N–H and O–H groups in total. The molecule has 0 saturated carbocycles. The first-order valence-corrected chi connectivity index (χ1v) is 4.71. The maximum Gasteiger partial charge on any atom is 0.166 e. The highest BCUT2D eigenvalue weighted by atomic mass is 32.1. The molecule has 0 bridgehead atoms. The SMILES string of the molecule is CNC(=S)NCCNc1cccnn1. The minimum Gasteiger partial charge on any atom is -0.367 e. The van der Waals surface area contributed by atoms with Gasteiger partial charge in [0.25, 0.3) is 0 Å². The Morgan fingerprint density at radius 2 is 2.36 bits per heavy atom. The van der Waals surface area contributed by atoms with Gasteiger partial charge in [-0.2, -0.15) is 5.10 Å². The van der Waals surface area contributed by atoms with Gasteiger partial charge in [-0.15, -0.1) is 5.10 Å². The summed E-state index contributed by atoms with van der Waals surface area (Å²) in [6, 6.07) is 3.70. The quantitative estimate of drug-likeness (QED) is 0.481. The molecular weight excluding hydrogens is 198 g/mol. The van der Waals surface area contributed by atoms with Gasteiger partial charge < -0.3 is 16.0 Å². The minimum atomic E-state index is 0.644. The number of aromatic nitrogens is 2. The van der Waals surface area contributed by atoms with E-state index in [9.17, 15) is 0 Å². The number of hydrogen-bond donors (Lipinski definition) is 3. The summed E-state index contributed by atoms with van der Waals surface area (Å²) in [5.41, 5.74) is 0. The third kappa shape index (κ3) is 3.99. The second-order valence-electron chi connectivity index (χ2n) is 2.54. The van der Waals surface area contributed by atoms with Gasteiger partial charge in [0.05, 0.1) is 0 Å². The molecule has 76 valence electrons. The van der Waals surface area contributed by atoms with Crippen molar-refractivity contribution in [3.05, 3.63) is 18.3 Å². The molecule has 0 aliphatic carbocycles. The van der Waals surface area contributed by atoms with Crippen LogP contribution in [0.4, 0.5) is 5.82 Å². The number of nitrogens with one attached hydrogen (secondary N) is 3. The van der Waals surface area contributed by atoms with Gasteiger partial charge in [-0.25, -0.2) is 0 Å². The Balaban J connectivity index is 2.13. The molecule has 1 aromatic heterocycles. The second kappa shape index (κ2) is 6.09. The van der Waals surface area contributed by atoms with Gasteiger partial charge in [0.1, 0.15) is 5.82 Å². The average molecular weight is 211 g/mol. The summed E-state index contributed by atoms with van der Waals surface area (Å²) in [6.07, 6.45) is 1.64. The molecule has 0 atom stereocenters.